The molecule has 0 radical (unpaired) electrons. The van der Waals surface area contributed by atoms with Gasteiger partial charge in [-0.1, -0.05) is 19.8 Å². The maximum absolute atomic E-state index is 14.4. The number of aryl methyl sites for hydroxylation is 1. The molecule has 1 saturated heterocycles. The van der Waals surface area contributed by atoms with Crippen LogP contribution in [0.5, 0.6) is 0 Å². The molecule has 21 heavy (non-hydrogen) atoms. The number of nitrogens with one attached hydrogen (secondary N) is 1. The van der Waals surface area contributed by atoms with Gasteiger partial charge in [0.1, 0.15) is 11.6 Å². The average Bonchev–Trinajstić information content (AvgIpc) is 2.91. The van der Waals surface area contributed by atoms with Crippen LogP contribution in [0.15, 0.2) is 12.1 Å². The zero-order chi connectivity index (χ0) is 15.0. The Bertz CT molecular complexity index is 524. The lowest BCUT2D eigenvalue weighted by Gasteiger charge is -2.47. The number of anilines is 1. The predicted molar refractivity (Wildman–Crippen MR) is 81.7 cm³/mol. The van der Waals surface area contributed by atoms with Gasteiger partial charge in [-0.3, -0.25) is 0 Å². The molecule has 2 fully saturated rings. The lowest BCUT2D eigenvalue weighted by atomic mass is 9.91. The Morgan fingerprint density at radius 1 is 1.24 bits per heavy atom. The molecule has 1 aromatic rings. The van der Waals surface area contributed by atoms with E-state index in [0.29, 0.717) is 11.3 Å². The van der Waals surface area contributed by atoms with Crippen molar-refractivity contribution >= 4 is 5.69 Å². The van der Waals surface area contributed by atoms with Gasteiger partial charge in [0.05, 0.1) is 5.69 Å². The molecule has 2 nitrogen and oxygen atoms in total. The SMILES string of the molecule is CCC1CNC2(CCCC2)CN1c1cc(F)c(C)cc1F. The summed E-state index contributed by atoms with van der Waals surface area (Å²) in [6.07, 6.45) is 5.65. The third-order valence-corrected chi connectivity index (χ3v) is 5.20. The first-order chi connectivity index (χ1) is 10.0. The molecule has 1 N–H and O–H groups in total. The molecule has 1 atom stereocenters. The number of hydrogen-bond acceptors (Lipinski definition) is 2. The summed E-state index contributed by atoms with van der Waals surface area (Å²) in [5, 5.41) is 3.68. The molecular formula is C17H24F2N2. The van der Waals surface area contributed by atoms with E-state index in [-0.39, 0.29) is 23.2 Å². The average molecular weight is 294 g/mol. The summed E-state index contributed by atoms with van der Waals surface area (Å²) in [7, 11) is 0. The molecule has 0 bridgehead atoms. The highest BCUT2D eigenvalue weighted by molar-refractivity contribution is 5.52. The molecular weight excluding hydrogens is 270 g/mol. The predicted octanol–water partition coefficient (Wildman–Crippen LogP) is 3.77. The highest BCUT2D eigenvalue weighted by Gasteiger charge is 2.41. The topological polar surface area (TPSA) is 15.3 Å². The third kappa shape index (κ3) is 2.66. The van der Waals surface area contributed by atoms with Crippen LogP contribution in [-0.4, -0.2) is 24.7 Å². The number of benzene rings is 1. The second-order valence-electron chi connectivity index (χ2n) is 6.61. The molecule has 2 aliphatic rings. The van der Waals surface area contributed by atoms with Crippen molar-refractivity contribution in [3.05, 3.63) is 29.3 Å². The Morgan fingerprint density at radius 3 is 2.62 bits per heavy atom. The lowest BCUT2D eigenvalue weighted by molar-refractivity contribution is 0.266. The first-order valence-corrected chi connectivity index (χ1v) is 8.02. The third-order valence-electron chi connectivity index (χ3n) is 5.20. The number of halogens is 2. The Hall–Kier alpha value is -1.16. The zero-order valence-corrected chi connectivity index (χ0v) is 12.9. The molecule has 0 aromatic heterocycles. The second-order valence-corrected chi connectivity index (χ2v) is 6.61. The minimum Gasteiger partial charge on any atom is -0.363 e. The summed E-state index contributed by atoms with van der Waals surface area (Å²) in [6, 6.07) is 2.93. The normalized spacial score (nSPS) is 24.8. The highest BCUT2D eigenvalue weighted by atomic mass is 19.1. The summed E-state index contributed by atoms with van der Waals surface area (Å²) < 4.78 is 28.3. The molecule has 1 saturated carbocycles. The van der Waals surface area contributed by atoms with Gasteiger partial charge in [0.25, 0.3) is 0 Å². The van der Waals surface area contributed by atoms with Crippen LogP contribution in [0.25, 0.3) is 0 Å². The van der Waals surface area contributed by atoms with Gasteiger partial charge in [0.2, 0.25) is 0 Å². The minimum absolute atomic E-state index is 0.0967. The smallest absolute Gasteiger partial charge is 0.146 e. The number of nitrogens with zero attached hydrogens (tertiary/aromatic N) is 1. The summed E-state index contributed by atoms with van der Waals surface area (Å²) in [5.74, 6) is -0.623. The fourth-order valence-corrected chi connectivity index (χ4v) is 3.84. The standard InChI is InChI=1S/C17H24F2N2/c1-3-13-10-20-17(6-4-5-7-17)11-21(13)16-9-14(18)12(2)8-15(16)19/h8-9,13,20H,3-7,10-11H2,1-2H3. The van der Waals surface area contributed by atoms with Crippen molar-refractivity contribution in [1.82, 2.24) is 5.32 Å². The van der Waals surface area contributed by atoms with Gasteiger partial charge in [-0.15, -0.1) is 0 Å². The van der Waals surface area contributed by atoms with E-state index in [1.165, 1.54) is 25.0 Å². The molecule has 1 spiro atoms. The molecule has 1 aliphatic heterocycles. The Labute approximate surface area is 125 Å². The fraction of sp³-hybridized carbons (Fsp3) is 0.647. The largest absolute Gasteiger partial charge is 0.363 e. The summed E-state index contributed by atoms with van der Waals surface area (Å²) in [5.41, 5.74) is 0.896. The molecule has 1 unspecified atom stereocenters. The van der Waals surface area contributed by atoms with Crippen molar-refractivity contribution in [3.63, 3.8) is 0 Å². The van der Waals surface area contributed by atoms with Gasteiger partial charge in [0, 0.05) is 30.7 Å². The second kappa shape index (κ2) is 5.56. The van der Waals surface area contributed by atoms with E-state index in [2.05, 4.69) is 17.1 Å². The van der Waals surface area contributed by atoms with Gasteiger partial charge >= 0.3 is 0 Å². The van der Waals surface area contributed by atoms with Crippen molar-refractivity contribution in [1.29, 1.82) is 0 Å². The molecule has 116 valence electrons. The number of hydrogen-bond donors (Lipinski definition) is 1. The van der Waals surface area contributed by atoms with Crippen molar-refractivity contribution < 1.29 is 8.78 Å². The molecule has 0 amide bonds. The van der Waals surface area contributed by atoms with Gasteiger partial charge in [0.15, 0.2) is 0 Å². The van der Waals surface area contributed by atoms with E-state index in [0.717, 1.165) is 32.4 Å². The van der Waals surface area contributed by atoms with Gasteiger partial charge in [-0.05, 0) is 37.8 Å². The van der Waals surface area contributed by atoms with Crippen molar-refractivity contribution in [3.8, 4) is 0 Å². The van der Waals surface area contributed by atoms with Crippen LogP contribution < -0.4 is 10.2 Å². The number of piperazine rings is 1. The summed E-state index contributed by atoms with van der Waals surface area (Å²) >= 11 is 0. The molecule has 1 heterocycles. The maximum Gasteiger partial charge on any atom is 0.146 e. The van der Waals surface area contributed by atoms with Gasteiger partial charge in [-0.25, -0.2) is 8.78 Å². The summed E-state index contributed by atoms with van der Waals surface area (Å²) in [4.78, 5) is 2.10. The fourth-order valence-electron chi connectivity index (χ4n) is 3.84. The first-order valence-electron chi connectivity index (χ1n) is 8.02. The monoisotopic (exact) mass is 294 g/mol. The van der Waals surface area contributed by atoms with Crippen LogP contribution in [0.2, 0.25) is 0 Å². The first kappa shape index (κ1) is 14.8. The zero-order valence-electron chi connectivity index (χ0n) is 12.9. The van der Waals surface area contributed by atoms with Crippen LogP contribution in [-0.2, 0) is 0 Å². The highest BCUT2D eigenvalue weighted by Crippen LogP contribution is 2.36. The molecule has 3 rings (SSSR count). The van der Waals surface area contributed by atoms with Crippen molar-refractivity contribution in [2.45, 2.75) is 57.5 Å². The van der Waals surface area contributed by atoms with Crippen LogP contribution >= 0.6 is 0 Å². The van der Waals surface area contributed by atoms with E-state index in [1.807, 2.05) is 0 Å². The minimum atomic E-state index is -0.319. The van der Waals surface area contributed by atoms with E-state index < -0.39 is 0 Å². The van der Waals surface area contributed by atoms with E-state index in [1.54, 1.807) is 6.92 Å². The quantitative estimate of drug-likeness (QED) is 0.893. The van der Waals surface area contributed by atoms with Crippen molar-refractivity contribution in [2.75, 3.05) is 18.0 Å². The Balaban J connectivity index is 1.94. The van der Waals surface area contributed by atoms with Crippen LogP contribution in [0.4, 0.5) is 14.5 Å². The Kier molecular flexibility index (Phi) is 3.91. The van der Waals surface area contributed by atoms with Crippen LogP contribution in [0.1, 0.15) is 44.6 Å². The van der Waals surface area contributed by atoms with Crippen LogP contribution in [0.3, 0.4) is 0 Å². The lowest BCUT2D eigenvalue weighted by Crippen LogP contribution is -2.63. The number of rotatable bonds is 2. The molecule has 4 heteroatoms. The van der Waals surface area contributed by atoms with Gasteiger partial charge in [-0.2, -0.15) is 0 Å². The summed E-state index contributed by atoms with van der Waals surface area (Å²) in [6.45, 7) is 5.35. The molecule has 1 aliphatic carbocycles. The van der Waals surface area contributed by atoms with E-state index >= 15 is 0 Å². The van der Waals surface area contributed by atoms with Gasteiger partial charge < -0.3 is 10.2 Å². The van der Waals surface area contributed by atoms with E-state index in [9.17, 15) is 8.78 Å². The Morgan fingerprint density at radius 2 is 1.95 bits per heavy atom. The van der Waals surface area contributed by atoms with Crippen molar-refractivity contribution in [2.24, 2.45) is 0 Å². The maximum atomic E-state index is 14.4. The van der Waals surface area contributed by atoms with Crippen LogP contribution in [0, 0.1) is 18.6 Å². The van der Waals surface area contributed by atoms with E-state index in [4.69, 9.17) is 0 Å². The molecule has 1 aromatic carbocycles.